The molecule has 1 aromatic carbocycles. The highest BCUT2D eigenvalue weighted by atomic mass is 31.2. The first-order valence-electron chi connectivity index (χ1n) is 11.0. The van der Waals surface area contributed by atoms with Crippen LogP contribution in [0.2, 0.25) is 0 Å². The Morgan fingerprint density at radius 3 is 2.79 bits per heavy atom. The lowest BCUT2D eigenvalue weighted by Gasteiger charge is -2.23. The van der Waals surface area contributed by atoms with Crippen molar-refractivity contribution in [3.63, 3.8) is 0 Å². The van der Waals surface area contributed by atoms with Gasteiger partial charge in [-0.3, -0.25) is 13.6 Å². The fraction of sp³-hybridized carbons (Fsp3) is 0.524. The lowest BCUT2D eigenvalue weighted by Crippen LogP contribution is -2.29. The molecule has 184 valence electrons. The molecule has 2 fully saturated rings. The highest BCUT2D eigenvalue weighted by Gasteiger charge is 2.40. The predicted molar refractivity (Wildman–Crippen MR) is 118 cm³/mol. The Morgan fingerprint density at radius 1 is 1.24 bits per heavy atom. The molecule has 0 radical (unpaired) electrons. The van der Waals surface area contributed by atoms with Gasteiger partial charge in [-0.25, -0.2) is 9.36 Å². The van der Waals surface area contributed by atoms with E-state index < -0.39 is 44.3 Å². The molecular weight excluding hydrogens is 469 g/mol. The third-order valence-electron chi connectivity index (χ3n) is 6.13. The fourth-order valence-corrected chi connectivity index (χ4v) is 5.25. The van der Waals surface area contributed by atoms with E-state index in [0.717, 1.165) is 0 Å². The number of aliphatic hydroxyl groups excluding tert-OH is 1. The fourth-order valence-electron chi connectivity index (χ4n) is 4.25. The normalized spacial score (nSPS) is 31.8. The molecule has 0 aliphatic carbocycles. The zero-order chi connectivity index (χ0) is 24.0. The Kier molecular flexibility index (Phi) is 6.23. The number of ether oxygens (including phenoxy) is 3. The molecule has 2 aromatic rings. The van der Waals surface area contributed by atoms with Crippen LogP contribution in [0.3, 0.4) is 0 Å². The summed E-state index contributed by atoms with van der Waals surface area (Å²) in [6, 6.07) is 7.31. The smallest absolute Gasteiger partial charge is 0.450 e. The SMILES string of the molecule is C[C@H]1C[C@H](n2cc3c(nc2=O)Nc2ccccc2O3)O[C@@H]1COP(=O)(O)O[C@H]1C[C@H](O)O[C@@H]1C. The van der Waals surface area contributed by atoms with Gasteiger partial charge in [-0.2, -0.15) is 4.98 Å². The number of phosphoric acid groups is 1. The summed E-state index contributed by atoms with van der Waals surface area (Å²) in [5.41, 5.74) is 0.198. The Balaban J connectivity index is 1.24. The Labute approximate surface area is 195 Å². The predicted octanol–water partition coefficient (Wildman–Crippen LogP) is 2.65. The number of benzene rings is 1. The third-order valence-corrected chi connectivity index (χ3v) is 7.14. The van der Waals surface area contributed by atoms with Crippen molar-refractivity contribution in [1.29, 1.82) is 0 Å². The molecule has 1 aromatic heterocycles. The average Bonchev–Trinajstić information content (AvgIpc) is 3.30. The Hall–Kier alpha value is -2.31. The van der Waals surface area contributed by atoms with E-state index in [9.17, 15) is 19.4 Å². The van der Waals surface area contributed by atoms with Crippen LogP contribution in [-0.2, 0) is 23.1 Å². The van der Waals surface area contributed by atoms with Gasteiger partial charge in [0.05, 0.1) is 30.7 Å². The molecule has 3 aliphatic rings. The number of hydrogen-bond acceptors (Lipinski definition) is 10. The van der Waals surface area contributed by atoms with Crippen LogP contribution in [0.25, 0.3) is 0 Å². The molecule has 3 aliphatic heterocycles. The molecule has 0 bridgehead atoms. The van der Waals surface area contributed by atoms with E-state index in [1.165, 1.54) is 4.57 Å². The number of aliphatic hydroxyl groups is 1. The first kappa shape index (κ1) is 23.4. The van der Waals surface area contributed by atoms with Crippen molar-refractivity contribution in [3.05, 3.63) is 40.9 Å². The summed E-state index contributed by atoms with van der Waals surface area (Å²) in [6.07, 6.45) is -1.47. The molecule has 13 heteroatoms. The maximum absolute atomic E-state index is 12.7. The number of hydrogen-bond donors (Lipinski definition) is 3. The van der Waals surface area contributed by atoms with Crippen molar-refractivity contribution in [2.75, 3.05) is 11.9 Å². The second-order valence-corrected chi connectivity index (χ2v) is 10.1. The monoisotopic (exact) mass is 495 g/mol. The molecule has 2 saturated heterocycles. The quantitative estimate of drug-likeness (QED) is 0.433. The highest BCUT2D eigenvalue weighted by molar-refractivity contribution is 7.47. The first-order valence-corrected chi connectivity index (χ1v) is 12.5. The van der Waals surface area contributed by atoms with Crippen LogP contribution < -0.4 is 15.7 Å². The minimum absolute atomic E-state index is 0.0726. The van der Waals surface area contributed by atoms with E-state index >= 15 is 0 Å². The van der Waals surface area contributed by atoms with E-state index in [-0.39, 0.29) is 18.9 Å². The third kappa shape index (κ3) is 4.76. The van der Waals surface area contributed by atoms with Gasteiger partial charge in [0.2, 0.25) is 0 Å². The molecule has 4 heterocycles. The maximum atomic E-state index is 12.7. The lowest BCUT2D eigenvalue weighted by molar-refractivity contribution is -0.0891. The van der Waals surface area contributed by atoms with Crippen molar-refractivity contribution in [2.45, 2.75) is 57.5 Å². The van der Waals surface area contributed by atoms with Crippen LogP contribution in [0.15, 0.2) is 35.3 Å². The molecule has 3 N–H and O–H groups in total. The van der Waals surface area contributed by atoms with E-state index in [1.807, 2.05) is 25.1 Å². The second kappa shape index (κ2) is 9.04. The number of anilines is 2. The number of nitrogens with zero attached hydrogens (tertiary/aromatic N) is 2. The van der Waals surface area contributed by atoms with Crippen LogP contribution in [0.5, 0.6) is 11.5 Å². The summed E-state index contributed by atoms with van der Waals surface area (Å²) < 4.78 is 41.0. The van der Waals surface area contributed by atoms with Crippen LogP contribution in [0.1, 0.15) is 32.9 Å². The van der Waals surface area contributed by atoms with Crippen LogP contribution >= 0.6 is 7.82 Å². The van der Waals surface area contributed by atoms with Crippen LogP contribution in [-0.4, -0.2) is 50.8 Å². The zero-order valence-electron chi connectivity index (χ0n) is 18.6. The minimum Gasteiger partial charge on any atom is -0.450 e. The number of fused-ring (bicyclic) bond motifs is 2. The number of para-hydroxylation sites is 2. The number of aromatic nitrogens is 2. The van der Waals surface area contributed by atoms with E-state index in [1.54, 1.807) is 19.2 Å². The summed E-state index contributed by atoms with van der Waals surface area (Å²) >= 11 is 0. The molecule has 0 amide bonds. The Bertz CT molecular complexity index is 1170. The van der Waals surface area contributed by atoms with Gasteiger partial charge in [-0.1, -0.05) is 19.1 Å². The first-order chi connectivity index (χ1) is 16.2. The highest BCUT2D eigenvalue weighted by Crippen LogP contribution is 2.48. The Morgan fingerprint density at radius 2 is 2.03 bits per heavy atom. The summed E-state index contributed by atoms with van der Waals surface area (Å²) in [5, 5.41) is 12.6. The largest absolute Gasteiger partial charge is 0.472 e. The van der Waals surface area contributed by atoms with Crippen LogP contribution in [0.4, 0.5) is 11.5 Å². The molecule has 12 nitrogen and oxygen atoms in total. The second-order valence-electron chi connectivity index (χ2n) is 8.65. The van der Waals surface area contributed by atoms with Gasteiger partial charge in [0.15, 0.2) is 23.6 Å². The van der Waals surface area contributed by atoms with Crippen molar-refractivity contribution in [1.82, 2.24) is 9.55 Å². The molecule has 7 atom stereocenters. The van der Waals surface area contributed by atoms with Gasteiger partial charge >= 0.3 is 13.5 Å². The van der Waals surface area contributed by atoms with E-state index in [4.69, 9.17) is 23.3 Å². The van der Waals surface area contributed by atoms with Gasteiger partial charge in [0.25, 0.3) is 0 Å². The van der Waals surface area contributed by atoms with Crippen molar-refractivity contribution < 1.29 is 37.8 Å². The number of phosphoric ester groups is 1. The topological polar surface area (TPSA) is 151 Å². The molecule has 1 unspecified atom stereocenters. The molecular formula is C21H26N3O9P. The lowest BCUT2D eigenvalue weighted by atomic mass is 10.0. The molecule has 0 spiro atoms. The van der Waals surface area contributed by atoms with Crippen molar-refractivity contribution in [3.8, 4) is 11.5 Å². The average molecular weight is 495 g/mol. The molecule has 5 rings (SSSR count). The van der Waals surface area contributed by atoms with Crippen molar-refractivity contribution in [2.24, 2.45) is 5.92 Å². The summed E-state index contributed by atoms with van der Waals surface area (Å²) in [6.45, 7) is 3.32. The van der Waals surface area contributed by atoms with Gasteiger partial charge < -0.3 is 29.5 Å². The zero-order valence-corrected chi connectivity index (χ0v) is 19.5. The van der Waals surface area contributed by atoms with Crippen LogP contribution in [0, 0.1) is 5.92 Å². The summed E-state index contributed by atoms with van der Waals surface area (Å²) in [7, 11) is -4.41. The summed E-state index contributed by atoms with van der Waals surface area (Å²) in [5.74, 6) is 1.24. The maximum Gasteiger partial charge on any atom is 0.472 e. The van der Waals surface area contributed by atoms with E-state index in [0.29, 0.717) is 29.4 Å². The number of rotatable bonds is 6. The molecule has 34 heavy (non-hydrogen) atoms. The van der Waals surface area contributed by atoms with Gasteiger partial charge in [0, 0.05) is 6.42 Å². The minimum atomic E-state index is -4.41. The van der Waals surface area contributed by atoms with Gasteiger partial charge in [-0.15, -0.1) is 0 Å². The van der Waals surface area contributed by atoms with E-state index in [2.05, 4.69) is 10.3 Å². The van der Waals surface area contributed by atoms with Gasteiger partial charge in [-0.05, 0) is 31.4 Å². The van der Waals surface area contributed by atoms with Crippen molar-refractivity contribution >= 4 is 19.3 Å². The van der Waals surface area contributed by atoms with Gasteiger partial charge in [0.1, 0.15) is 12.3 Å². The summed E-state index contributed by atoms with van der Waals surface area (Å²) in [4.78, 5) is 26.9. The number of nitrogens with one attached hydrogen (secondary N) is 1. The standard InChI is InChI=1S/C21H26N3O9P/c1-11-7-18(32-17(11)10-29-34(27,28)33-15-8-19(25)30-12(15)2)24-9-16-20(23-21(24)26)22-13-5-3-4-6-14(13)31-16/h3-6,9,11-12,15,17-19,25H,7-8,10H2,1-2H3,(H,27,28)(H,22,23,26)/t11-,12+,15-,17+,18+,19+/m0/s1. The molecule has 0 saturated carbocycles.